The molecule has 0 spiro atoms. The van der Waals surface area contributed by atoms with E-state index in [1.165, 1.54) is 0 Å². The molecule has 6 rings (SSSR count). The van der Waals surface area contributed by atoms with Gasteiger partial charge < -0.3 is 10.5 Å². The lowest BCUT2D eigenvalue weighted by Gasteiger charge is -2.27. The predicted molar refractivity (Wildman–Crippen MR) is 136 cm³/mol. The number of fused-ring (bicyclic) bond motifs is 3. The monoisotopic (exact) mass is 498 g/mol. The molecule has 0 saturated heterocycles. The van der Waals surface area contributed by atoms with Crippen molar-refractivity contribution in [1.82, 2.24) is 9.97 Å². The van der Waals surface area contributed by atoms with Crippen LogP contribution in [0.4, 0.5) is 0 Å². The van der Waals surface area contributed by atoms with E-state index in [2.05, 4.69) is 17.1 Å². The van der Waals surface area contributed by atoms with Crippen molar-refractivity contribution in [3.05, 3.63) is 101 Å². The quantitative estimate of drug-likeness (QED) is 0.273. The van der Waals surface area contributed by atoms with Crippen molar-refractivity contribution in [3.8, 4) is 11.8 Å². The molecule has 3 aromatic carbocycles. The van der Waals surface area contributed by atoms with E-state index in [-0.39, 0.29) is 5.88 Å². The standard InChI is InChI=1S/C26H15ClN4OS2/c27-24-17(11-14-5-1-2-6-19(14)30-24)23-16-12-15(9-10-21(16)32-25(29)18(23)13-28)33-26-31-20-7-3-4-8-22(20)34-26/h1-12,23H,29H2. The van der Waals surface area contributed by atoms with Gasteiger partial charge in [-0.1, -0.05) is 53.7 Å². The van der Waals surface area contributed by atoms with Crippen LogP contribution in [0.25, 0.3) is 21.1 Å². The summed E-state index contributed by atoms with van der Waals surface area (Å²) in [5.74, 6) is 0.185. The topological polar surface area (TPSA) is 84.8 Å². The zero-order valence-corrected chi connectivity index (χ0v) is 19.9. The molecule has 0 saturated carbocycles. The molecule has 8 heteroatoms. The maximum atomic E-state index is 9.96. The van der Waals surface area contributed by atoms with Gasteiger partial charge in [0, 0.05) is 21.4 Å². The van der Waals surface area contributed by atoms with Crippen LogP contribution in [0.5, 0.6) is 5.75 Å². The minimum absolute atomic E-state index is 0.0794. The highest BCUT2D eigenvalue weighted by atomic mass is 35.5. The second kappa shape index (κ2) is 8.33. The van der Waals surface area contributed by atoms with Crippen LogP contribution >= 0.6 is 34.7 Å². The Morgan fingerprint density at radius 1 is 0.971 bits per heavy atom. The number of allylic oxidation sites excluding steroid dienone is 1. The molecule has 0 bridgehead atoms. The minimum atomic E-state index is -0.491. The first-order valence-electron chi connectivity index (χ1n) is 10.4. The van der Waals surface area contributed by atoms with Crippen molar-refractivity contribution in [3.63, 3.8) is 0 Å². The largest absolute Gasteiger partial charge is 0.440 e. The van der Waals surface area contributed by atoms with Crippen LogP contribution < -0.4 is 10.5 Å². The van der Waals surface area contributed by atoms with E-state index in [4.69, 9.17) is 27.1 Å². The summed E-state index contributed by atoms with van der Waals surface area (Å²) in [5, 5.41) is 11.2. The molecule has 1 aliphatic heterocycles. The molecule has 34 heavy (non-hydrogen) atoms. The van der Waals surface area contributed by atoms with Crippen LogP contribution in [-0.4, -0.2) is 9.97 Å². The first-order valence-corrected chi connectivity index (χ1v) is 12.4. The van der Waals surface area contributed by atoms with Crippen molar-refractivity contribution >= 4 is 55.8 Å². The number of hydrogen-bond acceptors (Lipinski definition) is 7. The lowest BCUT2D eigenvalue weighted by molar-refractivity contribution is 0.393. The van der Waals surface area contributed by atoms with Gasteiger partial charge in [-0.15, -0.1) is 11.3 Å². The summed E-state index contributed by atoms with van der Waals surface area (Å²) in [4.78, 5) is 10.3. The fraction of sp³-hybridized carbons (Fsp3) is 0.0385. The molecule has 1 unspecified atom stereocenters. The lowest BCUT2D eigenvalue weighted by Crippen LogP contribution is -2.21. The van der Waals surface area contributed by atoms with E-state index in [1.807, 2.05) is 66.7 Å². The number of hydrogen-bond donors (Lipinski definition) is 1. The predicted octanol–water partition coefficient (Wildman–Crippen LogP) is 6.87. The molecule has 1 atom stereocenters. The average Bonchev–Trinajstić information content (AvgIpc) is 3.25. The van der Waals surface area contributed by atoms with Crippen molar-refractivity contribution in [2.45, 2.75) is 15.2 Å². The van der Waals surface area contributed by atoms with Crippen LogP contribution in [0, 0.1) is 11.3 Å². The molecule has 3 heterocycles. The number of halogens is 1. The zero-order valence-electron chi connectivity index (χ0n) is 17.5. The van der Waals surface area contributed by atoms with E-state index >= 15 is 0 Å². The Labute approximate surface area is 208 Å². The highest BCUT2D eigenvalue weighted by Gasteiger charge is 2.33. The summed E-state index contributed by atoms with van der Waals surface area (Å²) in [6.45, 7) is 0. The molecule has 0 amide bonds. The van der Waals surface area contributed by atoms with E-state index in [9.17, 15) is 5.26 Å². The smallest absolute Gasteiger partial charge is 0.205 e. The molecular formula is C26H15ClN4OS2. The Morgan fingerprint density at radius 2 is 1.76 bits per heavy atom. The van der Waals surface area contributed by atoms with Crippen LogP contribution in [0.3, 0.4) is 0 Å². The van der Waals surface area contributed by atoms with Gasteiger partial charge in [-0.3, -0.25) is 0 Å². The third kappa shape index (κ3) is 3.57. The van der Waals surface area contributed by atoms with Crippen molar-refractivity contribution < 1.29 is 4.74 Å². The number of nitriles is 1. The van der Waals surface area contributed by atoms with Gasteiger partial charge in [-0.05, 0) is 42.5 Å². The van der Waals surface area contributed by atoms with E-state index in [0.29, 0.717) is 22.0 Å². The van der Waals surface area contributed by atoms with Gasteiger partial charge in [0.25, 0.3) is 0 Å². The molecule has 0 fully saturated rings. The molecule has 2 aromatic heterocycles. The fourth-order valence-corrected chi connectivity index (χ4v) is 6.47. The van der Waals surface area contributed by atoms with Gasteiger partial charge in [0.05, 0.1) is 21.7 Å². The molecule has 2 N–H and O–H groups in total. The van der Waals surface area contributed by atoms with Crippen LogP contribution in [0.2, 0.25) is 5.15 Å². The third-order valence-electron chi connectivity index (χ3n) is 5.68. The summed E-state index contributed by atoms with van der Waals surface area (Å²) in [6.07, 6.45) is 0. The van der Waals surface area contributed by atoms with Crippen molar-refractivity contribution in [2.75, 3.05) is 0 Å². The van der Waals surface area contributed by atoms with Gasteiger partial charge in [-0.25, -0.2) is 9.97 Å². The number of benzene rings is 3. The second-order valence-electron chi connectivity index (χ2n) is 7.74. The number of rotatable bonds is 3. The molecular weight excluding hydrogens is 484 g/mol. The van der Waals surface area contributed by atoms with Crippen molar-refractivity contribution in [2.24, 2.45) is 5.73 Å². The highest BCUT2D eigenvalue weighted by molar-refractivity contribution is 8.01. The normalized spacial score (nSPS) is 15.2. The second-order valence-corrected chi connectivity index (χ2v) is 10.4. The maximum absolute atomic E-state index is 9.96. The van der Waals surface area contributed by atoms with E-state index < -0.39 is 5.92 Å². The minimum Gasteiger partial charge on any atom is -0.440 e. The number of pyridine rings is 1. The molecule has 0 aliphatic carbocycles. The van der Waals surface area contributed by atoms with Gasteiger partial charge in [0.2, 0.25) is 5.88 Å². The Morgan fingerprint density at radius 3 is 2.59 bits per heavy atom. The van der Waals surface area contributed by atoms with Gasteiger partial charge in [0.1, 0.15) is 22.5 Å². The number of para-hydroxylation sites is 2. The van der Waals surface area contributed by atoms with Gasteiger partial charge in [-0.2, -0.15) is 5.26 Å². The van der Waals surface area contributed by atoms with Gasteiger partial charge >= 0.3 is 0 Å². The SMILES string of the molecule is N#CC1=C(N)Oc2ccc(Sc3nc4ccccc4s3)cc2C1c1cc2ccccc2nc1Cl. The first-order chi connectivity index (χ1) is 16.6. The maximum Gasteiger partial charge on any atom is 0.205 e. The first kappa shape index (κ1) is 21.0. The Kier molecular flexibility index (Phi) is 5.15. The van der Waals surface area contributed by atoms with Gasteiger partial charge in [0.15, 0.2) is 4.34 Å². The lowest BCUT2D eigenvalue weighted by atomic mass is 9.84. The number of ether oxygens (including phenoxy) is 1. The summed E-state index contributed by atoms with van der Waals surface area (Å²) >= 11 is 9.87. The summed E-state index contributed by atoms with van der Waals surface area (Å²) < 4.78 is 7.90. The highest BCUT2D eigenvalue weighted by Crippen LogP contribution is 2.46. The Balaban J connectivity index is 1.47. The Bertz CT molecular complexity index is 1640. The fourth-order valence-electron chi connectivity index (χ4n) is 4.13. The van der Waals surface area contributed by atoms with Crippen LogP contribution in [-0.2, 0) is 0 Å². The molecule has 5 nitrogen and oxygen atoms in total. The number of thiazole rings is 1. The molecule has 5 aromatic rings. The zero-order chi connectivity index (χ0) is 23.2. The van der Waals surface area contributed by atoms with Crippen molar-refractivity contribution in [1.29, 1.82) is 5.26 Å². The number of nitrogens with two attached hydrogens (primary N) is 1. The van der Waals surface area contributed by atoms with Crippen LogP contribution in [0.15, 0.2) is 93.5 Å². The number of nitrogens with zero attached hydrogens (tertiary/aromatic N) is 3. The molecule has 1 aliphatic rings. The van der Waals surface area contributed by atoms with E-state index in [0.717, 1.165) is 35.9 Å². The van der Waals surface area contributed by atoms with Crippen LogP contribution in [0.1, 0.15) is 17.0 Å². The summed E-state index contributed by atoms with van der Waals surface area (Å²) in [6, 6.07) is 25.9. The third-order valence-corrected chi connectivity index (χ3v) is 8.07. The Hall–Kier alpha value is -3.57. The molecule has 164 valence electrons. The average molecular weight is 499 g/mol. The molecule has 0 radical (unpaired) electrons. The summed E-state index contributed by atoms with van der Waals surface area (Å²) in [7, 11) is 0. The van der Waals surface area contributed by atoms with E-state index in [1.54, 1.807) is 23.1 Å². The number of aromatic nitrogens is 2. The summed E-state index contributed by atoms with van der Waals surface area (Å²) in [5.41, 5.74) is 9.77.